The Morgan fingerprint density at radius 3 is 2.71 bits per heavy atom. The Morgan fingerprint density at radius 1 is 1.16 bits per heavy atom. The van der Waals surface area contributed by atoms with Crippen LogP contribution in [0.15, 0.2) is 61.1 Å². The van der Waals surface area contributed by atoms with Gasteiger partial charge < -0.3 is 24.1 Å². The molecule has 1 heterocycles. The van der Waals surface area contributed by atoms with E-state index >= 15 is 0 Å². The third kappa shape index (κ3) is 6.20. The second-order valence-electron chi connectivity index (χ2n) is 6.64. The van der Waals surface area contributed by atoms with Crippen molar-refractivity contribution in [1.29, 1.82) is 0 Å². The lowest BCUT2D eigenvalue weighted by Crippen LogP contribution is -2.08. The summed E-state index contributed by atoms with van der Waals surface area (Å²) in [6.07, 6.45) is 6.45. The Morgan fingerprint density at radius 2 is 2.00 bits per heavy atom. The molecule has 160 valence electrons. The molecular formula is C23H23N3O5. The lowest BCUT2D eigenvalue weighted by molar-refractivity contribution is -0.132. The first-order valence-corrected chi connectivity index (χ1v) is 9.48. The van der Waals surface area contributed by atoms with Crippen molar-refractivity contribution in [2.24, 2.45) is 7.05 Å². The maximum absolute atomic E-state index is 12.3. The maximum atomic E-state index is 12.3. The van der Waals surface area contributed by atoms with Crippen LogP contribution in [0.2, 0.25) is 0 Å². The van der Waals surface area contributed by atoms with E-state index in [4.69, 9.17) is 14.2 Å². The van der Waals surface area contributed by atoms with Crippen LogP contribution < -0.4 is 19.5 Å². The van der Waals surface area contributed by atoms with Gasteiger partial charge in [-0.15, -0.1) is 0 Å². The highest BCUT2D eigenvalue weighted by Gasteiger charge is 2.08. The summed E-state index contributed by atoms with van der Waals surface area (Å²) < 4.78 is 17.9. The lowest BCUT2D eigenvalue weighted by Gasteiger charge is -2.09. The van der Waals surface area contributed by atoms with Gasteiger partial charge in [0.15, 0.2) is 11.5 Å². The van der Waals surface area contributed by atoms with E-state index in [9.17, 15) is 9.59 Å². The first kappa shape index (κ1) is 21.6. The summed E-state index contributed by atoms with van der Waals surface area (Å²) >= 11 is 0. The number of hydrogen-bond acceptors (Lipinski definition) is 6. The number of methoxy groups -OCH3 is 1. The fourth-order valence-electron chi connectivity index (χ4n) is 2.73. The van der Waals surface area contributed by atoms with Crippen LogP contribution in [0.5, 0.6) is 17.2 Å². The molecule has 3 aromatic rings. The second-order valence-corrected chi connectivity index (χ2v) is 6.64. The number of nitrogens with one attached hydrogen (secondary N) is 1. The largest absolute Gasteiger partial charge is 0.493 e. The van der Waals surface area contributed by atoms with Gasteiger partial charge in [-0.2, -0.15) is 0 Å². The summed E-state index contributed by atoms with van der Waals surface area (Å²) in [4.78, 5) is 27.6. The number of carbonyl (C=O) groups excluding carboxylic acids is 2. The van der Waals surface area contributed by atoms with Crippen molar-refractivity contribution in [1.82, 2.24) is 9.55 Å². The van der Waals surface area contributed by atoms with Crippen LogP contribution in [0.3, 0.4) is 0 Å². The van der Waals surface area contributed by atoms with Gasteiger partial charge in [-0.25, -0.2) is 4.98 Å². The first-order valence-electron chi connectivity index (χ1n) is 9.48. The maximum Gasteiger partial charge on any atom is 0.308 e. The van der Waals surface area contributed by atoms with E-state index in [1.54, 1.807) is 55.0 Å². The van der Waals surface area contributed by atoms with Gasteiger partial charge in [0, 0.05) is 31.8 Å². The Kier molecular flexibility index (Phi) is 7.05. The predicted octanol–water partition coefficient (Wildman–Crippen LogP) is 3.58. The highest BCUT2D eigenvalue weighted by molar-refractivity contribution is 6.02. The van der Waals surface area contributed by atoms with E-state index in [1.807, 2.05) is 17.7 Å². The van der Waals surface area contributed by atoms with Crippen LogP contribution in [0.4, 0.5) is 5.69 Å². The molecule has 1 amide bonds. The predicted molar refractivity (Wildman–Crippen MR) is 116 cm³/mol. The summed E-state index contributed by atoms with van der Waals surface area (Å²) in [6, 6.07) is 12.2. The smallest absolute Gasteiger partial charge is 0.308 e. The van der Waals surface area contributed by atoms with E-state index in [2.05, 4.69) is 10.3 Å². The molecular weight excluding hydrogens is 398 g/mol. The van der Waals surface area contributed by atoms with Crippen LogP contribution >= 0.6 is 0 Å². The number of hydrogen-bond donors (Lipinski definition) is 1. The fraction of sp³-hybridized carbons (Fsp3) is 0.174. The standard InChI is InChI=1S/C23H23N3O5/c1-16(27)31-22-11-17(7-9-21(22)29-3)8-10-23(28)25-18-5-4-6-20(12-18)30-14-19-13-24-15-26(19)2/h4-13,15H,14H2,1-3H3,(H,25,28)/b10-8+. The highest BCUT2D eigenvalue weighted by atomic mass is 16.6. The van der Waals surface area contributed by atoms with Crippen molar-refractivity contribution >= 4 is 23.6 Å². The van der Waals surface area contributed by atoms with E-state index in [-0.39, 0.29) is 11.7 Å². The Labute approximate surface area is 180 Å². The molecule has 0 aliphatic heterocycles. The van der Waals surface area contributed by atoms with Gasteiger partial charge in [0.05, 0.1) is 25.3 Å². The molecule has 0 saturated heterocycles. The minimum Gasteiger partial charge on any atom is -0.493 e. The number of anilines is 1. The van der Waals surface area contributed by atoms with E-state index in [1.165, 1.54) is 20.1 Å². The normalized spacial score (nSPS) is 10.7. The molecule has 8 nitrogen and oxygen atoms in total. The van der Waals surface area contributed by atoms with Crippen LogP contribution in [0.25, 0.3) is 6.08 Å². The molecule has 0 fully saturated rings. The number of benzene rings is 2. The monoisotopic (exact) mass is 421 g/mol. The number of carbonyl (C=O) groups is 2. The van der Waals surface area contributed by atoms with Gasteiger partial charge in [-0.1, -0.05) is 12.1 Å². The number of esters is 1. The molecule has 0 bridgehead atoms. The third-order valence-electron chi connectivity index (χ3n) is 4.27. The van der Waals surface area contributed by atoms with Crippen molar-refractivity contribution in [2.75, 3.05) is 12.4 Å². The number of rotatable bonds is 8. The molecule has 8 heteroatoms. The lowest BCUT2D eigenvalue weighted by atomic mass is 10.2. The SMILES string of the molecule is COc1ccc(/C=C/C(=O)Nc2cccc(OCc3cncn3C)c2)cc1OC(C)=O. The van der Waals surface area contributed by atoms with Gasteiger partial charge >= 0.3 is 5.97 Å². The Hall–Kier alpha value is -4.07. The van der Waals surface area contributed by atoms with Crippen molar-refractivity contribution in [3.63, 3.8) is 0 Å². The molecule has 1 aromatic heterocycles. The number of aromatic nitrogens is 2. The molecule has 0 spiro atoms. The molecule has 0 aliphatic rings. The molecule has 2 aromatic carbocycles. The minimum atomic E-state index is -0.456. The number of imidazole rings is 1. The summed E-state index contributed by atoms with van der Waals surface area (Å²) in [6.45, 7) is 1.68. The van der Waals surface area contributed by atoms with Gasteiger partial charge in [0.25, 0.3) is 0 Å². The minimum absolute atomic E-state index is 0.288. The molecule has 3 rings (SSSR count). The Bertz CT molecular complexity index is 1100. The zero-order valence-electron chi connectivity index (χ0n) is 17.5. The van der Waals surface area contributed by atoms with Crippen LogP contribution in [0.1, 0.15) is 18.2 Å². The van der Waals surface area contributed by atoms with E-state index in [0.717, 1.165) is 5.69 Å². The zero-order valence-corrected chi connectivity index (χ0v) is 17.5. The van der Waals surface area contributed by atoms with Crippen molar-refractivity contribution < 1.29 is 23.8 Å². The summed E-state index contributed by atoms with van der Waals surface area (Å²) in [5, 5.41) is 2.79. The number of aryl methyl sites for hydroxylation is 1. The van der Waals surface area contributed by atoms with Crippen LogP contribution in [0, 0.1) is 0 Å². The van der Waals surface area contributed by atoms with E-state index in [0.29, 0.717) is 29.4 Å². The average molecular weight is 421 g/mol. The topological polar surface area (TPSA) is 91.7 Å². The molecule has 0 saturated carbocycles. The van der Waals surface area contributed by atoms with Gasteiger partial charge in [0.2, 0.25) is 5.91 Å². The second kappa shape index (κ2) is 10.1. The van der Waals surface area contributed by atoms with Crippen molar-refractivity contribution in [3.05, 3.63) is 72.3 Å². The third-order valence-corrected chi connectivity index (χ3v) is 4.27. The molecule has 31 heavy (non-hydrogen) atoms. The quantitative estimate of drug-likeness (QED) is 0.340. The van der Waals surface area contributed by atoms with Crippen LogP contribution in [-0.2, 0) is 23.2 Å². The summed E-state index contributed by atoms with van der Waals surface area (Å²) in [5.74, 6) is 0.580. The zero-order chi connectivity index (χ0) is 22.2. The first-order chi connectivity index (χ1) is 14.9. The fourth-order valence-corrected chi connectivity index (χ4v) is 2.73. The van der Waals surface area contributed by atoms with Gasteiger partial charge in [-0.3, -0.25) is 9.59 Å². The molecule has 0 radical (unpaired) electrons. The average Bonchev–Trinajstić information content (AvgIpc) is 3.15. The summed E-state index contributed by atoms with van der Waals surface area (Å²) in [5.41, 5.74) is 2.22. The molecule has 0 aliphatic carbocycles. The van der Waals surface area contributed by atoms with Crippen molar-refractivity contribution in [3.8, 4) is 17.2 Å². The molecule has 1 N–H and O–H groups in total. The van der Waals surface area contributed by atoms with Gasteiger partial charge in [0.1, 0.15) is 12.4 Å². The van der Waals surface area contributed by atoms with Crippen LogP contribution in [-0.4, -0.2) is 28.5 Å². The number of amides is 1. The van der Waals surface area contributed by atoms with E-state index < -0.39 is 5.97 Å². The number of nitrogens with zero attached hydrogens (tertiary/aromatic N) is 2. The highest BCUT2D eigenvalue weighted by Crippen LogP contribution is 2.28. The summed E-state index contributed by atoms with van der Waals surface area (Å²) in [7, 11) is 3.38. The van der Waals surface area contributed by atoms with Crippen molar-refractivity contribution in [2.45, 2.75) is 13.5 Å². The van der Waals surface area contributed by atoms with Gasteiger partial charge in [-0.05, 0) is 35.9 Å². The molecule has 0 atom stereocenters. The number of ether oxygens (including phenoxy) is 3. The molecule has 0 unspecified atom stereocenters. The Balaban J connectivity index is 1.62.